The van der Waals surface area contributed by atoms with Gasteiger partial charge in [-0.05, 0) is 6.92 Å². The lowest BCUT2D eigenvalue weighted by atomic mass is 10.2. The van der Waals surface area contributed by atoms with Gasteiger partial charge in [0.25, 0.3) is 0 Å². The Morgan fingerprint density at radius 1 is 1.53 bits per heavy atom. The van der Waals surface area contributed by atoms with Crippen molar-refractivity contribution in [2.24, 2.45) is 5.73 Å². The molecule has 1 heterocycles. The van der Waals surface area contributed by atoms with Gasteiger partial charge in [0.15, 0.2) is 5.75 Å². The van der Waals surface area contributed by atoms with Gasteiger partial charge in [0, 0.05) is 25.0 Å². The molecule has 1 aromatic heterocycles. The molecule has 0 unspecified atom stereocenters. The largest absolute Gasteiger partial charge is 0.503 e. The predicted octanol–water partition coefficient (Wildman–Crippen LogP) is -1.53. The van der Waals surface area contributed by atoms with E-state index < -0.39 is 35.1 Å². The SMILES string of the molecule is C[C@H](NC(=O)[C@@H](N)Cn1ccc(=O)c(O)c1)C(=O)O. The highest BCUT2D eigenvalue weighted by Crippen LogP contribution is 2.00. The fourth-order valence-electron chi connectivity index (χ4n) is 1.32. The second-order valence-corrected chi connectivity index (χ2v) is 4.07. The van der Waals surface area contributed by atoms with Crippen LogP contribution in [0.15, 0.2) is 23.3 Å². The Labute approximate surface area is 108 Å². The molecule has 0 aromatic carbocycles. The lowest BCUT2D eigenvalue weighted by Gasteiger charge is -2.16. The standard InChI is InChI=1S/C11H15N3O5/c1-6(11(18)19)13-10(17)7(12)4-14-3-2-8(15)9(16)5-14/h2-3,5-7,16H,4,12H2,1H3,(H,13,17)(H,18,19)/t6-,7-/m0/s1. The van der Waals surface area contributed by atoms with E-state index in [1.165, 1.54) is 17.7 Å². The maximum atomic E-state index is 11.6. The van der Waals surface area contributed by atoms with Crippen LogP contribution in [0.25, 0.3) is 0 Å². The maximum absolute atomic E-state index is 11.6. The molecule has 0 saturated carbocycles. The number of rotatable bonds is 5. The van der Waals surface area contributed by atoms with E-state index in [0.717, 1.165) is 12.3 Å². The van der Waals surface area contributed by atoms with Crippen LogP contribution in [-0.4, -0.2) is 38.7 Å². The number of amides is 1. The quantitative estimate of drug-likeness (QED) is 0.512. The zero-order valence-corrected chi connectivity index (χ0v) is 10.2. The minimum absolute atomic E-state index is 0.00596. The number of aromatic nitrogens is 1. The Balaban J connectivity index is 2.66. The van der Waals surface area contributed by atoms with Crippen molar-refractivity contribution in [3.05, 3.63) is 28.7 Å². The van der Waals surface area contributed by atoms with Gasteiger partial charge in [0.05, 0.1) is 0 Å². The van der Waals surface area contributed by atoms with Crippen LogP contribution in [0.3, 0.4) is 0 Å². The van der Waals surface area contributed by atoms with Crippen LogP contribution in [0.2, 0.25) is 0 Å². The smallest absolute Gasteiger partial charge is 0.325 e. The van der Waals surface area contributed by atoms with Crippen LogP contribution in [-0.2, 0) is 16.1 Å². The van der Waals surface area contributed by atoms with Crippen LogP contribution < -0.4 is 16.5 Å². The number of nitrogens with two attached hydrogens (primary N) is 1. The van der Waals surface area contributed by atoms with Gasteiger partial charge in [-0.2, -0.15) is 0 Å². The summed E-state index contributed by atoms with van der Waals surface area (Å²) in [5.74, 6) is -2.25. The molecule has 5 N–H and O–H groups in total. The van der Waals surface area contributed by atoms with Gasteiger partial charge in [-0.25, -0.2) is 0 Å². The molecule has 0 bridgehead atoms. The number of aromatic hydroxyl groups is 1. The van der Waals surface area contributed by atoms with E-state index >= 15 is 0 Å². The first-order valence-corrected chi connectivity index (χ1v) is 5.49. The summed E-state index contributed by atoms with van der Waals surface area (Å²) in [7, 11) is 0. The molecule has 0 saturated heterocycles. The van der Waals surface area contributed by atoms with Crippen LogP contribution in [0.5, 0.6) is 5.75 Å². The number of carboxylic acid groups (broad SMARTS) is 1. The predicted molar refractivity (Wildman–Crippen MR) is 65.6 cm³/mol. The summed E-state index contributed by atoms with van der Waals surface area (Å²) < 4.78 is 1.37. The lowest BCUT2D eigenvalue weighted by Crippen LogP contribution is -2.48. The first-order chi connectivity index (χ1) is 8.81. The topological polar surface area (TPSA) is 135 Å². The van der Waals surface area contributed by atoms with Crippen LogP contribution in [0.4, 0.5) is 0 Å². The van der Waals surface area contributed by atoms with E-state index in [9.17, 15) is 19.5 Å². The third kappa shape index (κ3) is 4.11. The van der Waals surface area contributed by atoms with Crippen molar-refractivity contribution in [2.75, 3.05) is 0 Å². The van der Waals surface area contributed by atoms with E-state index in [2.05, 4.69) is 5.32 Å². The van der Waals surface area contributed by atoms with Crippen molar-refractivity contribution in [3.63, 3.8) is 0 Å². The molecule has 2 atom stereocenters. The van der Waals surface area contributed by atoms with Crippen LogP contribution >= 0.6 is 0 Å². The van der Waals surface area contributed by atoms with Gasteiger partial charge >= 0.3 is 5.97 Å². The molecule has 19 heavy (non-hydrogen) atoms. The number of nitrogens with one attached hydrogen (secondary N) is 1. The number of hydrogen-bond acceptors (Lipinski definition) is 5. The minimum atomic E-state index is -1.17. The Kier molecular flexibility index (Phi) is 4.65. The average Bonchev–Trinajstić information content (AvgIpc) is 2.33. The fraction of sp³-hybridized carbons (Fsp3) is 0.364. The maximum Gasteiger partial charge on any atom is 0.325 e. The third-order valence-corrected chi connectivity index (χ3v) is 2.43. The van der Waals surface area contributed by atoms with Crippen LogP contribution in [0.1, 0.15) is 6.92 Å². The highest BCUT2D eigenvalue weighted by Gasteiger charge is 2.19. The molecule has 0 aliphatic carbocycles. The van der Waals surface area contributed by atoms with Gasteiger partial charge in [-0.1, -0.05) is 0 Å². The molecule has 104 valence electrons. The van der Waals surface area contributed by atoms with Crippen molar-refractivity contribution in [2.45, 2.75) is 25.6 Å². The summed E-state index contributed by atoms with van der Waals surface area (Å²) >= 11 is 0. The number of aliphatic carboxylic acids is 1. The molecule has 8 nitrogen and oxygen atoms in total. The molecule has 0 fully saturated rings. The summed E-state index contributed by atoms with van der Waals surface area (Å²) in [6.07, 6.45) is 2.52. The van der Waals surface area contributed by atoms with E-state index in [-0.39, 0.29) is 6.54 Å². The average molecular weight is 269 g/mol. The lowest BCUT2D eigenvalue weighted by molar-refractivity contribution is -0.141. The normalized spacial score (nSPS) is 13.6. The number of hydrogen-bond donors (Lipinski definition) is 4. The molecule has 1 aromatic rings. The molecule has 1 amide bonds. The summed E-state index contributed by atoms with van der Waals surface area (Å²) in [6.45, 7) is 1.32. The van der Waals surface area contributed by atoms with Crippen molar-refractivity contribution < 1.29 is 19.8 Å². The van der Waals surface area contributed by atoms with Crippen molar-refractivity contribution >= 4 is 11.9 Å². The number of carboxylic acids is 1. The molecule has 0 spiro atoms. The summed E-state index contributed by atoms with van der Waals surface area (Å²) in [5, 5.41) is 20.1. The van der Waals surface area contributed by atoms with Crippen LogP contribution in [0, 0.1) is 0 Å². The molecule has 0 aliphatic rings. The number of carbonyl (C=O) groups excluding carboxylic acids is 1. The summed E-state index contributed by atoms with van der Waals surface area (Å²) in [5.41, 5.74) is 5.07. The van der Waals surface area contributed by atoms with Gasteiger partial charge in [0.1, 0.15) is 12.1 Å². The second kappa shape index (κ2) is 6.01. The number of pyridine rings is 1. The van der Waals surface area contributed by atoms with Crippen molar-refractivity contribution in [3.8, 4) is 5.75 Å². The van der Waals surface area contributed by atoms with Gasteiger partial charge in [-0.15, -0.1) is 0 Å². The Bertz CT molecular complexity index is 539. The molecular formula is C11H15N3O5. The second-order valence-electron chi connectivity index (χ2n) is 4.07. The Hall–Kier alpha value is -2.35. The molecule has 0 radical (unpaired) electrons. The van der Waals surface area contributed by atoms with E-state index in [4.69, 9.17) is 10.8 Å². The Morgan fingerprint density at radius 2 is 2.16 bits per heavy atom. The van der Waals surface area contributed by atoms with Gasteiger partial charge in [0.2, 0.25) is 11.3 Å². The van der Waals surface area contributed by atoms with Crippen molar-refractivity contribution in [1.29, 1.82) is 0 Å². The van der Waals surface area contributed by atoms with Crippen molar-refractivity contribution in [1.82, 2.24) is 9.88 Å². The number of carbonyl (C=O) groups is 2. The third-order valence-electron chi connectivity index (χ3n) is 2.43. The first kappa shape index (κ1) is 14.7. The molecule has 8 heteroatoms. The zero-order chi connectivity index (χ0) is 14.6. The first-order valence-electron chi connectivity index (χ1n) is 5.49. The Morgan fingerprint density at radius 3 is 2.68 bits per heavy atom. The number of nitrogens with zero attached hydrogens (tertiary/aromatic N) is 1. The van der Waals surface area contributed by atoms with E-state index in [1.54, 1.807) is 0 Å². The van der Waals surface area contributed by atoms with E-state index in [0.29, 0.717) is 0 Å². The molecule has 1 rings (SSSR count). The van der Waals surface area contributed by atoms with Gasteiger partial charge < -0.3 is 25.8 Å². The summed E-state index contributed by atoms with van der Waals surface area (Å²) in [6, 6.07) is -0.899. The fourth-order valence-corrected chi connectivity index (χ4v) is 1.32. The minimum Gasteiger partial charge on any atom is -0.503 e. The highest BCUT2D eigenvalue weighted by atomic mass is 16.4. The highest BCUT2D eigenvalue weighted by molar-refractivity contribution is 5.86. The zero-order valence-electron chi connectivity index (χ0n) is 10.2. The van der Waals surface area contributed by atoms with E-state index in [1.807, 2.05) is 0 Å². The summed E-state index contributed by atoms with van der Waals surface area (Å²) in [4.78, 5) is 33.1. The molecular weight excluding hydrogens is 254 g/mol. The monoisotopic (exact) mass is 269 g/mol. The molecule has 0 aliphatic heterocycles. The van der Waals surface area contributed by atoms with Gasteiger partial charge in [-0.3, -0.25) is 14.4 Å².